The zero-order valence-electron chi connectivity index (χ0n) is 17.2. The van der Waals surface area contributed by atoms with Gasteiger partial charge < -0.3 is 19.9 Å². The number of likely N-dealkylation sites (tertiary alicyclic amines) is 1. The molecular weight excluding hydrogens is 358 g/mol. The van der Waals surface area contributed by atoms with Crippen LogP contribution in [0.5, 0.6) is 0 Å². The Labute approximate surface area is 166 Å². The van der Waals surface area contributed by atoms with Crippen LogP contribution in [0.4, 0.5) is 11.4 Å². The summed E-state index contributed by atoms with van der Waals surface area (Å²) in [4.78, 5) is 40.4. The molecule has 28 heavy (non-hydrogen) atoms. The van der Waals surface area contributed by atoms with Gasteiger partial charge in [-0.2, -0.15) is 0 Å². The van der Waals surface area contributed by atoms with Gasteiger partial charge in [0.25, 0.3) is 10.9 Å². The summed E-state index contributed by atoms with van der Waals surface area (Å²) in [6.07, 6.45) is 4.79. The molecule has 0 bridgehead atoms. The van der Waals surface area contributed by atoms with Crippen molar-refractivity contribution in [2.24, 2.45) is 11.8 Å². The van der Waals surface area contributed by atoms with E-state index in [4.69, 9.17) is 4.74 Å². The molecule has 0 spiro atoms. The minimum Gasteiger partial charge on any atom is -0.466 e. The first-order valence-corrected chi connectivity index (χ1v) is 10.7. The summed E-state index contributed by atoms with van der Waals surface area (Å²) in [5, 5.41) is 3.20. The number of ether oxygens (including phenoxy) is 1. The number of hydrogen-bond donors (Lipinski definition) is 1. The van der Waals surface area contributed by atoms with Crippen LogP contribution in [-0.2, 0) is 9.53 Å². The quantitative estimate of drug-likeness (QED) is 0.410. The molecule has 0 aromatic heterocycles. The number of carbonyl (C=O) groups excluding carboxylic acids is 1. The van der Waals surface area contributed by atoms with Crippen molar-refractivity contribution >= 4 is 17.3 Å². The van der Waals surface area contributed by atoms with Crippen molar-refractivity contribution in [2.75, 3.05) is 56.1 Å². The molecule has 156 valence electrons. The molecule has 2 aliphatic rings. The van der Waals surface area contributed by atoms with Crippen LogP contribution in [0.15, 0.2) is 9.59 Å². The van der Waals surface area contributed by atoms with E-state index in [2.05, 4.69) is 17.1 Å². The van der Waals surface area contributed by atoms with Gasteiger partial charge in [0.15, 0.2) is 0 Å². The Bertz CT molecular complexity index is 724. The van der Waals surface area contributed by atoms with Crippen LogP contribution in [0.2, 0.25) is 0 Å². The second-order valence-electron chi connectivity index (χ2n) is 8.20. The number of carbonyl (C=O) groups is 1. The fourth-order valence-corrected chi connectivity index (χ4v) is 4.25. The third-order valence-corrected chi connectivity index (χ3v) is 6.15. The minimum atomic E-state index is -0.408. The van der Waals surface area contributed by atoms with Gasteiger partial charge >= 0.3 is 5.97 Å². The van der Waals surface area contributed by atoms with Crippen molar-refractivity contribution in [1.29, 1.82) is 0 Å². The van der Waals surface area contributed by atoms with E-state index in [0.29, 0.717) is 50.5 Å². The van der Waals surface area contributed by atoms with Crippen molar-refractivity contribution in [2.45, 2.75) is 46.0 Å². The van der Waals surface area contributed by atoms with Gasteiger partial charge in [-0.1, -0.05) is 6.92 Å². The molecule has 2 fully saturated rings. The second-order valence-corrected chi connectivity index (χ2v) is 8.20. The van der Waals surface area contributed by atoms with Gasteiger partial charge in [0, 0.05) is 19.6 Å². The van der Waals surface area contributed by atoms with Crippen molar-refractivity contribution < 1.29 is 9.53 Å². The van der Waals surface area contributed by atoms with Crippen LogP contribution in [0.25, 0.3) is 0 Å². The van der Waals surface area contributed by atoms with E-state index in [1.54, 1.807) is 6.92 Å². The summed E-state index contributed by atoms with van der Waals surface area (Å²) in [5.74, 6) is 0.567. The lowest BCUT2D eigenvalue weighted by Gasteiger charge is -2.34. The Morgan fingerprint density at radius 1 is 1.07 bits per heavy atom. The lowest BCUT2D eigenvalue weighted by molar-refractivity contribution is -0.148. The fraction of sp³-hybridized carbons (Fsp3) is 0.762. The maximum Gasteiger partial charge on any atom is 0.309 e. The molecular formula is C21H33N3O4. The van der Waals surface area contributed by atoms with Crippen LogP contribution < -0.4 is 21.1 Å². The first-order chi connectivity index (χ1) is 13.5. The van der Waals surface area contributed by atoms with Gasteiger partial charge in [-0.05, 0) is 64.6 Å². The van der Waals surface area contributed by atoms with E-state index in [1.165, 1.54) is 12.8 Å². The first kappa shape index (κ1) is 20.8. The van der Waals surface area contributed by atoms with E-state index in [9.17, 15) is 14.4 Å². The molecule has 0 aliphatic carbocycles. The summed E-state index contributed by atoms with van der Waals surface area (Å²) in [6, 6.07) is 0. The van der Waals surface area contributed by atoms with Gasteiger partial charge in [-0.3, -0.25) is 14.4 Å². The molecule has 0 unspecified atom stereocenters. The number of nitrogens with zero attached hydrogens (tertiary/aromatic N) is 2. The average molecular weight is 392 g/mol. The second kappa shape index (κ2) is 9.54. The zero-order valence-corrected chi connectivity index (χ0v) is 17.2. The van der Waals surface area contributed by atoms with Gasteiger partial charge in [0.05, 0.1) is 12.5 Å². The molecule has 7 heteroatoms. The van der Waals surface area contributed by atoms with E-state index in [1.807, 2.05) is 4.90 Å². The Balaban J connectivity index is 1.46. The van der Waals surface area contributed by atoms with E-state index >= 15 is 0 Å². The van der Waals surface area contributed by atoms with Crippen molar-refractivity contribution in [3.05, 3.63) is 20.4 Å². The molecule has 1 aromatic carbocycles. The van der Waals surface area contributed by atoms with E-state index in [0.717, 1.165) is 32.0 Å². The molecule has 2 aliphatic heterocycles. The number of anilines is 2. The van der Waals surface area contributed by atoms with Gasteiger partial charge in [0.1, 0.15) is 11.4 Å². The minimum absolute atomic E-state index is 0.105. The smallest absolute Gasteiger partial charge is 0.309 e. The molecule has 0 saturated carbocycles. The summed E-state index contributed by atoms with van der Waals surface area (Å²) >= 11 is 0. The lowest BCUT2D eigenvalue weighted by atomic mass is 9.96. The van der Waals surface area contributed by atoms with Crippen molar-refractivity contribution in [1.82, 2.24) is 4.90 Å². The summed E-state index contributed by atoms with van der Waals surface area (Å²) in [7, 11) is 0. The third kappa shape index (κ3) is 4.74. The average Bonchev–Trinajstić information content (AvgIpc) is 2.71. The van der Waals surface area contributed by atoms with Crippen LogP contribution in [-0.4, -0.2) is 56.7 Å². The SMILES string of the molecule is CCOC(=O)C1CCN(c2c(NCCCN3CCC(C)CC3)c(=O)c2=O)CC1. The zero-order chi connectivity index (χ0) is 20.1. The van der Waals surface area contributed by atoms with Gasteiger partial charge in [-0.15, -0.1) is 0 Å². The van der Waals surface area contributed by atoms with Crippen molar-refractivity contribution in [3.8, 4) is 0 Å². The van der Waals surface area contributed by atoms with Crippen LogP contribution in [0.3, 0.4) is 0 Å². The first-order valence-electron chi connectivity index (χ1n) is 10.7. The summed E-state index contributed by atoms with van der Waals surface area (Å²) < 4.78 is 5.09. The van der Waals surface area contributed by atoms with Gasteiger partial charge in [0.2, 0.25) is 0 Å². The Morgan fingerprint density at radius 2 is 1.75 bits per heavy atom. The van der Waals surface area contributed by atoms with Crippen molar-refractivity contribution in [3.63, 3.8) is 0 Å². The highest BCUT2D eigenvalue weighted by atomic mass is 16.5. The predicted molar refractivity (Wildman–Crippen MR) is 111 cm³/mol. The largest absolute Gasteiger partial charge is 0.466 e. The number of esters is 1. The Morgan fingerprint density at radius 3 is 2.39 bits per heavy atom. The molecule has 1 aromatic rings. The monoisotopic (exact) mass is 391 g/mol. The lowest BCUT2D eigenvalue weighted by Crippen LogP contribution is -2.46. The molecule has 0 atom stereocenters. The standard InChI is InChI=1S/C21H33N3O4/c1-3-28-21(27)16-7-13-24(14-8-16)18-17(19(25)20(18)26)22-9-4-10-23-11-5-15(2)6-12-23/h15-16,22H,3-14H2,1-2H3. The molecule has 0 amide bonds. The summed E-state index contributed by atoms with van der Waals surface area (Å²) in [6.45, 7) is 9.75. The highest BCUT2D eigenvalue weighted by Gasteiger charge is 2.31. The Kier molecular flexibility index (Phi) is 7.10. The molecule has 1 N–H and O–H groups in total. The molecule has 7 nitrogen and oxygen atoms in total. The molecule has 0 radical (unpaired) electrons. The fourth-order valence-electron chi connectivity index (χ4n) is 4.25. The van der Waals surface area contributed by atoms with Gasteiger partial charge in [-0.25, -0.2) is 0 Å². The third-order valence-electron chi connectivity index (χ3n) is 6.15. The number of nitrogens with one attached hydrogen (secondary N) is 1. The topological polar surface area (TPSA) is 79.0 Å². The number of piperidine rings is 2. The Hall–Kier alpha value is -1.89. The highest BCUT2D eigenvalue weighted by Crippen LogP contribution is 2.27. The number of rotatable bonds is 8. The van der Waals surface area contributed by atoms with Crippen LogP contribution in [0.1, 0.15) is 46.0 Å². The maximum atomic E-state index is 12.1. The van der Waals surface area contributed by atoms with E-state index < -0.39 is 10.9 Å². The normalized spacial score (nSPS) is 19.9. The highest BCUT2D eigenvalue weighted by molar-refractivity contribution is 5.76. The van der Waals surface area contributed by atoms with E-state index in [-0.39, 0.29) is 11.9 Å². The predicted octanol–water partition coefficient (Wildman–Crippen LogP) is 1.60. The van der Waals surface area contributed by atoms with Crippen LogP contribution >= 0.6 is 0 Å². The molecule has 2 heterocycles. The maximum absolute atomic E-state index is 12.1. The molecule has 3 rings (SSSR count). The molecule has 2 saturated heterocycles. The van der Waals surface area contributed by atoms with Crippen LogP contribution in [0, 0.1) is 11.8 Å². The summed E-state index contributed by atoms with van der Waals surface area (Å²) in [5.41, 5.74) is 0.169. The number of hydrogen-bond acceptors (Lipinski definition) is 7.